The molecule has 1 aromatic heterocycles. The summed E-state index contributed by atoms with van der Waals surface area (Å²) in [6.45, 7) is 6.16. The van der Waals surface area contributed by atoms with Crippen molar-refractivity contribution in [1.82, 2.24) is 15.2 Å². The van der Waals surface area contributed by atoms with E-state index in [1.807, 2.05) is 12.1 Å². The second-order valence-electron chi connectivity index (χ2n) is 5.36. The summed E-state index contributed by atoms with van der Waals surface area (Å²) in [4.78, 5) is 3.96. The maximum atomic E-state index is 6.21. The highest BCUT2D eigenvalue weighted by molar-refractivity contribution is 6.32. The number of aromatic amines is 1. The SMILES string of the molecule is CC(C)(C)C#Cc1ccc(Nc2n[nH]c(N)n2)cc1Cl. The average molecular weight is 290 g/mol. The lowest BCUT2D eigenvalue weighted by molar-refractivity contribution is 0.571. The van der Waals surface area contributed by atoms with Crippen LogP contribution in [0.4, 0.5) is 17.6 Å². The molecule has 1 heterocycles. The van der Waals surface area contributed by atoms with Crippen molar-refractivity contribution in [2.75, 3.05) is 11.1 Å². The summed E-state index contributed by atoms with van der Waals surface area (Å²) >= 11 is 6.21. The van der Waals surface area contributed by atoms with Crippen LogP contribution in [0.15, 0.2) is 18.2 Å². The number of H-pyrrole nitrogens is 1. The fourth-order valence-electron chi connectivity index (χ4n) is 1.41. The molecule has 4 N–H and O–H groups in total. The summed E-state index contributed by atoms with van der Waals surface area (Å²) < 4.78 is 0. The van der Waals surface area contributed by atoms with Gasteiger partial charge in [0.1, 0.15) is 0 Å². The molecule has 0 saturated heterocycles. The second-order valence-corrected chi connectivity index (χ2v) is 5.77. The lowest BCUT2D eigenvalue weighted by Gasteiger charge is -2.07. The highest BCUT2D eigenvalue weighted by Gasteiger charge is 2.06. The lowest BCUT2D eigenvalue weighted by atomic mass is 9.97. The van der Waals surface area contributed by atoms with E-state index < -0.39 is 0 Å². The topological polar surface area (TPSA) is 79.6 Å². The van der Waals surface area contributed by atoms with Crippen molar-refractivity contribution < 1.29 is 0 Å². The minimum atomic E-state index is -0.0588. The molecule has 0 spiro atoms. The number of anilines is 3. The van der Waals surface area contributed by atoms with Crippen LogP contribution in [0.3, 0.4) is 0 Å². The average Bonchev–Trinajstić information content (AvgIpc) is 2.72. The van der Waals surface area contributed by atoms with E-state index in [1.165, 1.54) is 0 Å². The van der Waals surface area contributed by atoms with Gasteiger partial charge in [0, 0.05) is 16.7 Å². The number of aromatic nitrogens is 3. The standard InChI is InChI=1S/C14H16ClN5/c1-14(2,3)7-6-9-4-5-10(8-11(9)15)17-13-18-12(16)19-20-13/h4-5,8H,1-3H3,(H4,16,17,18,19,20). The molecule has 0 unspecified atom stereocenters. The van der Waals surface area contributed by atoms with Gasteiger partial charge in [0.15, 0.2) is 0 Å². The van der Waals surface area contributed by atoms with Gasteiger partial charge in [-0.05, 0) is 39.0 Å². The van der Waals surface area contributed by atoms with Crippen LogP contribution in [0, 0.1) is 17.3 Å². The van der Waals surface area contributed by atoms with E-state index in [2.05, 4.69) is 53.1 Å². The van der Waals surface area contributed by atoms with Gasteiger partial charge in [0.25, 0.3) is 0 Å². The molecular weight excluding hydrogens is 274 g/mol. The largest absolute Gasteiger partial charge is 0.368 e. The van der Waals surface area contributed by atoms with Crippen molar-refractivity contribution in [2.24, 2.45) is 5.41 Å². The fourth-order valence-corrected chi connectivity index (χ4v) is 1.64. The van der Waals surface area contributed by atoms with E-state index in [1.54, 1.807) is 6.07 Å². The van der Waals surface area contributed by atoms with Crippen molar-refractivity contribution in [3.63, 3.8) is 0 Å². The van der Waals surface area contributed by atoms with Crippen LogP contribution in [0.1, 0.15) is 26.3 Å². The van der Waals surface area contributed by atoms with Crippen molar-refractivity contribution in [3.05, 3.63) is 28.8 Å². The Morgan fingerprint density at radius 3 is 2.65 bits per heavy atom. The molecule has 0 atom stereocenters. The van der Waals surface area contributed by atoms with Gasteiger partial charge in [-0.3, -0.25) is 0 Å². The van der Waals surface area contributed by atoms with Gasteiger partial charge in [-0.1, -0.05) is 23.4 Å². The van der Waals surface area contributed by atoms with E-state index in [0.29, 0.717) is 11.0 Å². The van der Waals surface area contributed by atoms with Crippen molar-refractivity contribution >= 4 is 29.2 Å². The normalized spacial score (nSPS) is 10.8. The highest BCUT2D eigenvalue weighted by atomic mass is 35.5. The Kier molecular flexibility index (Phi) is 3.86. The third-order valence-electron chi connectivity index (χ3n) is 2.30. The molecule has 5 nitrogen and oxygen atoms in total. The van der Waals surface area contributed by atoms with E-state index in [4.69, 9.17) is 17.3 Å². The summed E-state index contributed by atoms with van der Waals surface area (Å²) in [5, 5.41) is 10.0. The third-order valence-corrected chi connectivity index (χ3v) is 2.61. The molecule has 0 saturated carbocycles. The van der Waals surface area contributed by atoms with Crippen LogP contribution in [-0.4, -0.2) is 15.2 Å². The zero-order valence-corrected chi connectivity index (χ0v) is 12.3. The lowest BCUT2D eigenvalue weighted by Crippen LogP contribution is -1.99. The molecule has 0 amide bonds. The van der Waals surface area contributed by atoms with Crippen LogP contribution in [0.5, 0.6) is 0 Å². The van der Waals surface area contributed by atoms with E-state index in [9.17, 15) is 0 Å². The summed E-state index contributed by atoms with van der Waals surface area (Å²) in [7, 11) is 0. The molecule has 0 aliphatic heterocycles. The van der Waals surface area contributed by atoms with Crippen molar-refractivity contribution in [3.8, 4) is 11.8 Å². The van der Waals surface area contributed by atoms with Gasteiger partial charge in [0.05, 0.1) is 5.02 Å². The number of nitrogens with two attached hydrogens (primary N) is 1. The molecule has 0 fully saturated rings. The molecule has 104 valence electrons. The summed E-state index contributed by atoms with van der Waals surface area (Å²) in [6.07, 6.45) is 0. The Hall–Kier alpha value is -2.19. The second kappa shape index (κ2) is 5.43. The third kappa shape index (κ3) is 3.90. The maximum Gasteiger partial charge on any atom is 0.248 e. The Morgan fingerprint density at radius 1 is 1.35 bits per heavy atom. The van der Waals surface area contributed by atoms with Gasteiger partial charge < -0.3 is 11.1 Å². The molecule has 20 heavy (non-hydrogen) atoms. The Morgan fingerprint density at radius 2 is 2.10 bits per heavy atom. The molecule has 0 radical (unpaired) electrons. The molecule has 0 aliphatic rings. The van der Waals surface area contributed by atoms with Crippen molar-refractivity contribution in [2.45, 2.75) is 20.8 Å². The van der Waals surface area contributed by atoms with E-state index >= 15 is 0 Å². The number of nitrogens with one attached hydrogen (secondary N) is 2. The molecule has 2 aromatic rings. The molecule has 2 rings (SSSR count). The van der Waals surface area contributed by atoms with Gasteiger partial charge in [-0.15, -0.1) is 5.10 Å². The number of nitrogens with zero attached hydrogens (tertiary/aromatic N) is 2. The van der Waals surface area contributed by atoms with Crippen molar-refractivity contribution in [1.29, 1.82) is 0 Å². The highest BCUT2D eigenvalue weighted by Crippen LogP contribution is 2.22. The Bertz CT molecular complexity index is 673. The number of hydrogen-bond acceptors (Lipinski definition) is 4. The Balaban J connectivity index is 2.19. The zero-order chi connectivity index (χ0) is 14.8. The first-order valence-corrected chi connectivity index (χ1v) is 6.49. The van der Waals surface area contributed by atoms with Crippen LogP contribution < -0.4 is 11.1 Å². The fraction of sp³-hybridized carbons (Fsp3) is 0.286. The first-order valence-electron chi connectivity index (χ1n) is 6.11. The predicted molar refractivity (Wildman–Crippen MR) is 81.9 cm³/mol. The molecule has 1 aromatic carbocycles. The number of halogens is 1. The number of benzene rings is 1. The summed E-state index contributed by atoms with van der Waals surface area (Å²) in [5.74, 6) is 6.88. The smallest absolute Gasteiger partial charge is 0.248 e. The van der Waals surface area contributed by atoms with Crippen LogP contribution in [0.2, 0.25) is 5.02 Å². The number of rotatable bonds is 2. The van der Waals surface area contributed by atoms with E-state index in [0.717, 1.165) is 11.3 Å². The van der Waals surface area contributed by atoms with Gasteiger partial charge in [-0.25, -0.2) is 5.10 Å². The van der Waals surface area contributed by atoms with Crippen LogP contribution >= 0.6 is 11.6 Å². The monoisotopic (exact) mass is 289 g/mol. The van der Waals surface area contributed by atoms with Gasteiger partial charge in [-0.2, -0.15) is 4.98 Å². The van der Waals surface area contributed by atoms with Crippen LogP contribution in [0.25, 0.3) is 0 Å². The molecule has 0 bridgehead atoms. The number of nitrogen functional groups attached to an aromatic ring is 1. The summed E-state index contributed by atoms with van der Waals surface area (Å²) in [6, 6.07) is 5.51. The Labute approximate surface area is 122 Å². The first-order chi connectivity index (χ1) is 9.33. The minimum Gasteiger partial charge on any atom is -0.368 e. The molecular formula is C14H16ClN5. The van der Waals surface area contributed by atoms with E-state index in [-0.39, 0.29) is 11.4 Å². The quantitative estimate of drug-likeness (QED) is 0.742. The maximum absolute atomic E-state index is 6.21. The zero-order valence-electron chi connectivity index (χ0n) is 11.6. The van der Waals surface area contributed by atoms with Gasteiger partial charge in [0.2, 0.25) is 11.9 Å². The van der Waals surface area contributed by atoms with Gasteiger partial charge >= 0.3 is 0 Å². The predicted octanol–water partition coefficient (Wildman–Crippen LogP) is 3.18. The summed E-state index contributed by atoms with van der Waals surface area (Å²) in [5.41, 5.74) is 6.96. The first kappa shape index (κ1) is 14.2. The minimum absolute atomic E-state index is 0.0588. The molecule has 6 heteroatoms. The van der Waals surface area contributed by atoms with Crippen LogP contribution in [-0.2, 0) is 0 Å². The number of hydrogen-bond donors (Lipinski definition) is 3. The molecule has 0 aliphatic carbocycles.